The van der Waals surface area contributed by atoms with Crippen molar-refractivity contribution in [3.63, 3.8) is 0 Å². The minimum Gasteiger partial charge on any atom is -0.435 e. The molecule has 1 amide bonds. The van der Waals surface area contributed by atoms with Gasteiger partial charge in [0, 0.05) is 17.5 Å². The largest absolute Gasteiger partial charge is 0.435 e. The smallest absolute Gasteiger partial charge is 0.387 e. The fraction of sp³-hybridized carbons (Fsp3) is 0.429. The zero-order chi connectivity index (χ0) is 15.4. The van der Waals surface area contributed by atoms with E-state index in [9.17, 15) is 13.6 Å². The van der Waals surface area contributed by atoms with E-state index in [0.717, 1.165) is 19.3 Å². The van der Waals surface area contributed by atoms with Crippen molar-refractivity contribution in [2.75, 3.05) is 0 Å². The number of amides is 1. The SMILES string of the molecule is NC(=S)C1CCCC1NC(=O)c1cccc(OC(F)F)c1. The number of hydrogen-bond acceptors (Lipinski definition) is 3. The summed E-state index contributed by atoms with van der Waals surface area (Å²) in [6, 6.07) is 5.59. The van der Waals surface area contributed by atoms with Crippen LogP contribution in [0.15, 0.2) is 24.3 Å². The average molecular weight is 314 g/mol. The Morgan fingerprint density at radius 1 is 1.43 bits per heavy atom. The number of halogens is 2. The Hall–Kier alpha value is -1.76. The Morgan fingerprint density at radius 3 is 2.86 bits per heavy atom. The number of alkyl halides is 2. The number of benzene rings is 1. The number of hydrogen-bond donors (Lipinski definition) is 2. The molecule has 114 valence electrons. The van der Waals surface area contributed by atoms with Gasteiger partial charge in [-0.25, -0.2) is 0 Å². The topological polar surface area (TPSA) is 64.3 Å². The zero-order valence-electron chi connectivity index (χ0n) is 11.2. The van der Waals surface area contributed by atoms with Crippen molar-refractivity contribution in [1.29, 1.82) is 0 Å². The van der Waals surface area contributed by atoms with Gasteiger partial charge in [0.2, 0.25) is 0 Å². The Kier molecular flexibility index (Phi) is 5.06. The minimum absolute atomic E-state index is 0.00977. The third-order valence-electron chi connectivity index (χ3n) is 3.52. The van der Waals surface area contributed by atoms with E-state index >= 15 is 0 Å². The highest BCUT2D eigenvalue weighted by Crippen LogP contribution is 2.26. The molecule has 21 heavy (non-hydrogen) atoms. The summed E-state index contributed by atoms with van der Waals surface area (Å²) in [6.45, 7) is -2.92. The van der Waals surface area contributed by atoms with E-state index < -0.39 is 6.61 Å². The third kappa shape index (κ3) is 4.10. The van der Waals surface area contributed by atoms with Crippen LogP contribution in [0.3, 0.4) is 0 Å². The number of carbonyl (C=O) groups excluding carboxylic acids is 1. The number of carbonyl (C=O) groups is 1. The molecule has 1 aliphatic rings. The molecule has 0 bridgehead atoms. The Labute approximate surface area is 126 Å². The molecule has 7 heteroatoms. The monoisotopic (exact) mass is 314 g/mol. The van der Waals surface area contributed by atoms with Crippen molar-refractivity contribution in [3.05, 3.63) is 29.8 Å². The highest BCUT2D eigenvalue weighted by molar-refractivity contribution is 7.80. The Balaban J connectivity index is 2.04. The molecule has 0 heterocycles. The molecule has 1 aromatic carbocycles. The van der Waals surface area contributed by atoms with Gasteiger partial charge in [-0.2, -0.15) is 8.78 Å². The van der Waals surface area contributed by atoms with Crippen molar-refractivity contribution >= 4 is 23.1 Å². The van der Waals surface area contributed by atoms with Gasteiger partial charge in [-0.1, -0.05) is 24.7 Å². The van der Waals surface area contributed by atoms with Crippen LogP contribution in [0.25, 0.3) is 0 Å². The van der Waals surface area contributed by atoms with E-state index in [4.69, 9.17) is 18.0 Å². The summed E-state index contributed by atoms with van der Waals surface area (Å²) in [5.41, 5.74) is 5.92. The first-order chi connectivity index (χ1) is 9.97. The molecule has 0 saturated heterocycles. The lowest BCUT2D eigenvalue weighted by molar-refractivity contribution is -0.0498. The summed E-state index contributed by atoms with van der Waals surface area (Å²) in [5.74, 6) is -0.401. The molecule has 1 aromatic rings. The van der Waals surface area contributed by atoms with Gasteiger partial charge in [0.05, 0.1) is 4.99 Å². The summed E-state index contributed by atoms with van der Waals surface area (Å²) in [5, 5.41) is 2.86. The van der Waals surface area contributed by atoms with Gasteiger partial charge in [-0.15, -0.1) is 0 Å². The summed E-state index contributed by atoms with van der Waals surface area (Å²) >= 11 is 4.99. The molecule has 1 aliphatic carbocycles. The van der Waals surface area contributed by atoms with E-state index in [2.05, 4.69) is 10.1 Å². The molecule has 0 spiro atoms. The maximum atomic E-state index is 12.2. The van der Waals surface area contributed by atoms with Crippen LogP contribution < -0.4 is 15.8 Å². The van der Waals surface area contributed by atoms with Gasteiger partial charge in [0.25, 0.3) is 5.91 Å². The van der Waals surface area contributed by atoms with Gasteiger partial charge >= 0.3 is 6.61 Å². The number of nitrogens with two attached hydrogens (primary N) is 1. The maximum Gasteiger partial charge on any atom is 0.387 e. The first-order valence-corrected chi connectivity index (χ1v) is 7.03. The Morgan fingerprint density at radius 2 is 2.19 bits per heavy atom. The zero-order valence-corrected chi connectivity index (χ0v) is 12.0. The Bertz CT molecular complexity index is 539. The van der Waals surface area contributed by atoms with E-state index in [-0.39, 0.29) is 29.2 Å². The van der Waals surface area contributed by atoms with E-state index in [1.165, 1.54) is 18.2 Å². The van der Waals surface area contributed by atoms with Crippen LogP contribution in [-0.4, -0.2) is 23.5 Å². The number of thiocarbonyl (C=S) groups is 1. The van der Waals surface area contributed by atoms with E-state index in [0.29, 0.717) is 4.99 Å². The fourth-order valence-corrected chi connectivity index (χ4v) is 2.82. The number of ether oxygens (including phenoxy) is 1. The van der Waals surface area contributed by atoms with Crippen LogP contribution >= 0.6 is 12.2 Å². The summed E-state index contributed by atoms with van der Waals surface area (Å²) in [7, 11) is 0. The van der Waals surface area contributed by atoms with Crippen molar-refractivity contribution in [3.8, 4) is 5.75 Å². The van der Waals surface area contributed by atoms with Gasteiger partial charge in [0.15, 0.2) is 0 Å². The third-order valence-corrected chi connectivity index (χ3v) is 3.82. The van der Waals surface area contributed by atoms with Crippen molar-refractivity contribution in [2.45, 2.75) is 31.9 Å². The molecule has 2 rings (SSSR count). The van der Waals surface area contributed by atoms with Gasteiger partial charge in [0.1, 0.15) is 5.75 Å². The lowest BCUT2D eigenvalue weighted by Gasteiger charge is -2.20. The number of nitrogens with one attached hydrogen (secondary N) is 1. The minimum atomic E-state index is -2.92. The maximum absolute atomic E-state index is 12.2. The lowest BCUT2D eigenvalue weighted by Crippen LogP contribution is -2.41. The fourth-order valence-electron chi connectivity index (χ4n) is 2.54. The molecule has 2 atom stereocenters. The predicted octanol–water partition coefficient (Wildman–Crippen LogP) is 2.47. The normalized spacial score (nSPS) is 21.3. The highest BCUT2D eigenvalue weighted by Gasteiger charge is 2.30. The quantitative estimate of drug-likeness (QED) is 0.820. The van der Waals surface area contributed by atoms with Gasteiger partial charge in [-0.05, 0) is 31.0 Å². The van der Waals surface area contributed by atoms with Crippen LogP contribution in [0.4, 0.5) is 8.78 Å². The molecule has 0 aromatic heterocycles. The summed E-state index contributed by atoms with van der Waals surface area (Å²) in [6.07, 6.45) is 2.61. The van der Waals surface area contributed by atoms with Crippen molar-refractivity contribution in [2.24, 2.45) is 11.7 Å². The van der Waals surface area contributed by atoms with Gasteiger partial charge in [-0.3, -0.25) is 4.79 Å². The second-order valence-electron chi connectivity index (χ2n) is 4.93. The van der Waals surface area contributed by atoms with Crippen LogP contribution in [0.2, 0.25) is 0 Å². The average Bonchev–Trinajstić information content (AvgIpc) is 2.86. The van der Waals surface area contributed by atoms with Crippen LogP contribution in [0.1, 0.15) is 29.6 Å². The number of rotatable bonds is 5. The second-order valence-corrected chi connectivity index (χ2v) is 5.40. The standard InChI is InChI=1S/C14H16F2N2O2S/c15-14(16)20-9-4-1-3-8(7-9)13(19)18-11-6-2-5-10(11)12(17)21/h1,3-4,7,10-11,14H,2,5-6H2,(H2,17,21)(H,18,19). The predicted molar refractivity (Wildman–Crippen MR) is 78.5 cm³/mol. The molecular formula is C14H16F2N2O2S. The molecule has 3 N–H and O–H groups in total. The molecule has 1 saturated carbocycles. The molecule has 0 radical (unpaired) electrons. The molecule has 2 unspecified atom stereocenters. The van der Waals surface area contributed by atoms with E-state index in [1.54, 1.807) is 6.07 Å². The van der Waals surface area contributed by atoms with Crippen LogP contribution in [0, 0.1) is 5.92 Å². The summed E-state index contributed by atoms with van der Waals surface area (Å²) in [4.78, 5) is 12.6. The molecule has 0 aliphatic heterocycles. The molecule has 1 fully saturated rings. The molecular weight excluding hydrogens is 298 g/mol. The van der Waals surface area contributed by atoms with Gasteiger partial charge < -0.3 is 15.8 Å². The first-order valence-electron chi connectivity index (χ1n) is 6.62. The highest BCUT2D eigenvalue weighted by atomic mass is 32.1. The lowest BCUT2D eigenvalue weighted by atomic mass is 10.0. The van der Waals surface area contributed by atoms with Crippen molar-refractivity contribution < 1.29 is 18.3 Å². The summed E-state index contributed by atoms with van der Waals surface area (Å²) < 4.78 is 28.6. The van der Waals surface area contributed by atoms with Crippen molar-refractivity contribution in [1.82, 2.24) is 5.32 Å². The molecule has 4 nitrogen and oxygen atoms in total. The van der Waals surface area contributed by atoms with Crippen LogP contribution in [0.5, 0.6) is 5.75 Å². The van der Waals surface area contributed by atoms with Crippen LogP contribution in [-0.2, 0) is 0 Å². The second kappa shape index (κ2) is 6.80. The first kappa shape index (κ1) is 15.6. The van der Waals surface area contributed by atoms with E-state index in [1.807, 2.05) is 0 Å².